The molecule has 2 aromatic carbocycles. The van der Waals surface area contributed by atoms with E-state index in [9.17, 15) is 4.79 Å². The normalized spacial score (nSPS) is 13.3. The molecule has 0 aliphatic heterocycles. The van der Waals surface area contributed by atoms with Gasteiger partial charge in [-0.25, -0.2) is 0 Å². The van der Waals surface area contributed by atoms with Crippen molar-refractivity contribution in [1.29, 1.82) is 0 Å². The first-order valence-electron chi connectivity index (χ1n) is 10.1. The van der Waals surface area contributed by atoms with Crippen molar-refractivity contribution in [1.82, 2.24) is 25.0 Å². The molecule has 1 heterocycles. The minimum absolute atomic E-state index is 0.0431. The summed E-state index contributed by atoms with van der Waals surface area (Å²) in [4.78, 5) is 14.8. The molecule has 2 atom stereocenters. The Morgan fingerprint density at radius 2 is 1.74 bits per heavy atom. The molecule has 0 aliphatic rings. The number of nitrogens with one attached hydrogen (secondary N) is 1. The Morgan fingerprint density at radius 1 is 1.10 bits per heavy atom. The van der Waals surface area contributed by atoms with Gasteiger partial charge in [-0.1, -0.05) is 53.2 Å². The molecule has 0 saturated carbocycles. The van der Waals surface area contributed by atoms with Gasteiger partial charge >= 0.3 is 0 Å². The highest BCUT2D eigenvalue weighted by atomic mass is 35.5. The highest BCUT2D eigenvalue weighted by Crippen LogP contribution is 2.29. The number of hydrogen-bond donors (Lipinski definition) is 1. The number of thioether (sulfide) groups is 1. The molecule has 3 rings (SSSR count). The zero-order chi connectivity index (χ0) is 22.5. The van der Waals surface area contributed by atoms with Crippen molar-refractivity contribution < 1.29 is 4.79 Å². The van der Waals surface area contributed by atoms with E-state index in [2.05, 4.69) is 27.3 Å². The minimum atomic E-state index is -0.330. The average molecular weight is 458 g/mol. The van der Waals surface area contributed by atoms with Crippen LogP contribution in [0.3, 0.4) is 0 Å². The quantitative estimate of drug-likeness (QED) is 0.499. The zero-order valence-corrected chi connectivity index (χ0v) is 20.0. The van der Waals surface area contributed by atoms with Gasteiger partial charge in [0.05, 0.1) is 11.3 Å². The number of rotatable bonds is 8. The Balaban J connectivity index is 1.78. The number of nitrogens with zero attached hydrogens (tertiary/aromatic N) is 4. The summed E-state index contributed by atoms with van der Waals surface area (Å²) >= 11 is 7.47. The standard InChI is InChI=1S/C23H28ClN5OS/c1-15-6-8-18(9-7-15)14-25-22(30)17(3)31-23-27-26-21(16(2)28(4)5)29(23)20-12-10-19(24)11-13-20/h6-13,16-17H,14H2,1-5H3,(H,25,30). The first kappa shape index (κ1) is 23.3. The molecule has 3 aromatic rings. The number of aryl methyl sites for hydroxylation is 1. The lowest BCUT2D eigenvalue weighted by Gasteiger charge is -2.21. The SMILES string of the molecule is Cc1ccc(CNC(=O)C(C)Sc2nnc(C(C)N(C)C)n2-c2ccc(Cl)cc2)cc1. The van der Waals surface area contributed by atoms with E-state index in [-0.39, 0.29) is 17.2 Å². The molecule has 0 aliphatic carbocycles. The molecule has 2 unspecified atom stereocenters. The van der Waals surface area contributed by atoms with E-state index in [1.54, 1.807) is 0 Å². The average Bonchev–Trinajstić information content (AvgIpc) is 3.16. The molecule has 0 spiro atoms. The first-order valence-corrected chi connectivity index (χ1v) is 11.4. The molecule has 0 saturated heterocycles. The summed E-state index contributed by atoms with van der Waals surface area (Å²) < 4.78 is 2.00. The first-order chi connectivity index (χ1) is 14.8. The fourth-order valence-corrected chi connectivity index (χ4v) is 3.97. The van der Waals surface area contributed by atoms with Gasteiger partial charge in [-0.05, 0) is 64.7 Å². The number of carbonyl (C=O) groups excluding carboxylic acids is 1. The van der Waals surface area contributed by atoms with Gasteiger partial charge in [0.1, 0.15) is 0 Å². The van der Waals surface area contributed by atoms with E-state index in [0.717, 1.165) is 17.1 Å². The maximum atomic E-state index is 12.7. The second-order valence-corrected chi connectivity index (χ2v) is 9.50. The van der Waals surface area contributed by atoms with Gasteiger partial charge in [-0.3, -0.25) is 14.3 Å². The van der Waals surface area contributed by atoms with Crippen LogP contribution in [0.2, 0.25) is 5.02 Å². The lowest BCUT2D eigenvalue weighted by molar-refractivity contribution is -0.120. The van der Waals surface area contributed by atoms with Crippen LogP contribution in [-0.2, 0) is 11.3 Å². The summed E-state index contributed by atoms with van der Waals surface area (Å²) in [6, 6.07) is 15.7. The Labute approximate surface area is 193 Å². The smallest absolute Gasteiger partial charge is 0.233 e. The molecule has 1 N–H and O–H groups in total. The topological polar surface area (TPSA) is 63.1 Å². The lowest BCUT2D eigenvalue weighted by atomic mass is 10.1. The van der Waals surface area contributed by atoms with Crippen molar-refractivity contribution in [3.8, 4) is 5.69 Å². The molecular formula is C23H28ClN5OS. The van der Waals surface area contributed by atoms with E-state index in [1.807, 2.05) is 81.0 Å². The Bertz CT molecular complexity index is 1020. The summed E-state index contributed by atoms with van der Waals surface area (Å²) in [6.07, 6.45) is 0. The highest BCUT2D eigenvalue weighted by Gasteiger charge is 2.24. The van der Waals surface area contributed by atoms with Gasteiger partial charge < -0.3 is 5.32 Å². The molecule has 1 amide bonds. The van der Waals surface area contributed by atoms with Crippen LogP contribution >= 0.6 is 23.4 Å². The molecule has 0 fully saturated rings. The zero-order valence-electron chi connectivity index (χ0n) is 18.5. The molecule has 8 heteroatoms. The second kappa shape index (κ2) is 10.3. The van der Waals surface area contributed by atoms with Gasteiger partial charge in [-0.15, -0.1) is 10.2 Å². The summed E-state index contributed by atoms with van der Waals surface area (Å²) in [5.41, 5.74) is 3.18. The van der Waals surface area contributed by atoms with Crippen LogP contribution in [0.15, 0.2) is 53.7 Å². The van der Waals surface area contributed by atoms with Gasteiger partial charge in [-0.2, -0.15) is 0 Å². The third-order valence-corrected chi connectivity index (χ3v) is 6.42. The number of amides is 1. The Morgan fingerprint density at radius 3 is 2.35 bits per heavy atom. The Hall–Kier alpha value is -2.35. The van der Waals surface area contributed by atoms with Crippen molar-refractivity contribution >= 4 is 29.3 Å². The summed E-state index contributed by atoms with van der Waals surface area (Å²) in [5.74, 6) is 0.764. The van der Waals surface area contributed by atoms with Crippen LogP contribution in [0, 0.1) is 6.92 Å². The van der Waals surface area contributed by atoms with E-state index in [1.165, 1.54) is 17.3 Å². The number of halogens is 1. The van der Waals surface area contributed by atoms with Crippen LogP contribution in [0.5, 0.6) is 0 Å². The minimum Gasteiger partial charge on any atom is -0.351 e. The fourth-order valence-electron chi connectivity index (χ4n) is 2.94. The number of hydrogen-bond acceptors (Lipinski definition) is 5. The molecule has 164 valence electrons. The van der Waals surface area contributed by atoms with Crippen LogP contribution < -0.4 is 5.32 Å². The van der Waals surface area contributed by atoms with E-state index in [4.69, 9.17) is 11.6 Å². The fraction of sp³-hybridized carbons (Fsp3) is 0.348. The van der Waals surface area contributed by atoms with Crippen molar-refractivity contribution in [2.45, 2.75) is 43.8 Å². The van der Waals surface area contributed by atoms with Gasteiger partial charge in [0.25, 0.3) is 0 Å². The van der Waals surface area contributed by atoms with Crippen LogP contribution in [0.4, 0.5) is 0 Å². The molecule has 31 heavy (non-hydrogen) atoms. The number of carbonyl (C=O) groups is 1. The Kier molecular flexibility index (Phi) is 7.75. The maximum absolute atomic E-state index is 12.7. The van der Waals surface area contributed by atoms with Crippen molar-refractivity contribution in [2.24, 2.45) is 0 Å². The van der Waals surface area contributed by atoms with E-state index >= 15 is 0 Å². The van der Waals surface area contributed by atoms with Crippen molar-refractivity contribution in [3.05, 3.63) is 70.5 Å². The number of benzene rings is 2. The van der Waals surface area contributed by atoms with E-state index < -0.39 is 0 Å². The molecule has 0 radical (unpaired) electrons. The van der Waals surface area contributed by atoms with Crippen LogP contribution in [-0.4, -0.2) is 44.9 Å². The largest absolute Gasteiger partial charge is 0.351 e. The van der Waals surface area contributed by atoms with Crippen molar-refractivity contribution in [2.75, 3.05) is 14.1 Å². The van der Waals surface area contributed by atoms with E-state index in [0.29, 0.717) is 16.7 Å². The molecule has 1 aromatic heterocycles. The van der Waals surface area contributed by atoms with Gasteiger partial charge in [0.2, 0.25) is 5.91 Å². The summed E-state index contributed by atoms with van der Waals surface area (Å²) in [6.45, 7) is 6.49. The van der Waals surface area contributed by atoms with Crippen LogP contribution in [0.25, 0.3) is 5.69 Å². The van der Waals surface area contributed by atoms with Gasteiger partial charge in [0.15, 0.2) is 11.0 Å². The third-order valence-electron chi connectivity index (χ3n) is 5.13. The second-order valence-electron chi connectivity index (χ2n) is 7.76. The van der Waals surface area contributed by atoms with Gasteiger partial charge in [0, 0.05) is 17.3 Å². The maximum Gasteiger partial charge on any atom is 0.233 e. The van der Waals surface area contributed by atoms with Crippen LogP contribution in [0.1, 0.15) is 36.8 Å². The molecule has 0 bridgehead atoms. The summed E-state index contributed by atoms with van der Waals surface area (Å²) in [7, 11) is 4.00. The summed E-state index contributed by atoms with van der Waals surface area (Å²) in [5, 5.41) is 12.9. The molecule has 6 nitrogen and oxygen atoms in total. The number of aromatic nitrogens is 3. The predicted molar refractivity (Wildman–Crippen MR) is 127 cm³/mol. The predicted octanol–water partition coefficient (Wildman–Crippen LogP) is 4.65. The third kappa shape index (κ3) is 5.87. The molecular weight excluding hydrogens is 430 g/mol. The highest BCUT2D eigenvalue weighted by molar-refractivity contribution is 8.00. The monoisotopic (exact) mass is 457 g/mol. The van der Waals surface area contributed by atoms with Crippen molar-refractivity contribution in [3.63, 3.8) is 0 Å². The lowest BCUT2D eigenvalue weighted by Crippen LogP contribution is -2.30.